The monoisotopic (exact) mass is 680 g/mol. The van der Waals surface area contributed by atoms with Crippen molar-refractivity contribution in [2.75, 3.05) is 0 Å². The first-order valence-electron chi connectivity index (χ1n) is 20.3. The molecule has 0 aromatic heterocycles. The second-order valence-corrected chi connectivity index (χ2v) is 14.6. The average Bonchev–Trinajstić information content (AvgIpc) is 3.20. The summed E-state index contributed by atoms with van der Waals surface area (Å²) in [5.74, 6) is 0. The van der Waals surface area contributed by atoms with Gasteiger partial charge in [-0.15, -0.1) is 0 Å². The molecule has 0 spiro atoms. The summed E-state index contributed by atoms with van der Waals surface area (Å²) in [5, 5.41) is 5.61. The fraction of sp³-hybridized carbons (Fsp3) is 0.308. The minimum atomic E-state index is 0.987. The van der Waals surface area contributed by atoms with Gasteiger partial charge in [0.25, 0.3) is 0 Å². The fourth-order valence-electron chi connectivity index (χ4n) is 8.84. The van der Waals surface area contributed by atoms with Gasteiger partial charge < -0.3 is 0 Å². The Morgan fingerprint density at radius 2 is 0.558 bits per heavy atom. The maximum absolute atomic E-state index is 2.49. The molecule has 0 aliphatic heterocycles. The van der Waals surface area contributed by atoms with E-state index in [4.69, 9.17) is 0 Å². The molecule has 1 aliphatic carbocycles. The fourth-order valence-corrected chi connectivity index (χ4v) is 8.84. The van der Waals surface area contributed by atoms with Crippen molar-refractivity contribution in [2.45, 2.75) is 107 Å². The first kappa shape index (κ1) is 35.7. The molecule has 0 heteroatoms. The first-order valence-corrected chi connectivity index (χ1v) is 20.3. The molecule has 0 heterocycles. The SMILES string of the molecule is CCc1ccc(-c2c(-c3ccc(CC)cc3CC)c(-c3ccc(CC)cc3CC)c3c(c2-c2ccc(CC)cc2CC)=c2ccccc2=3)c(CC)c1. The molecule has 0 atom stereocenters. The second-order valence-electron chi connectivity index (χ2n) is 14.6. The van der Waals surface area contributed by atoms with Crippen LogP contribution in [0.4, 0.5) is 0 Å². The van der Waals surface area contributed by atoms with E-state index in [1.54, 1.807) is 0 Å². The Morgan fingerprint density at radius 1 is 0.288 bits per heavy atom. The van der Waals surface area contributed by atoms with Crippen molar-refractivity contribution in [1.82, 2.24) is 0 Å². The van der Waals surface area contributed by atoms with E-state index in [1.165, 1.54) is 110 Å². The van der Waals surface area contributed by atoms with Crippen LogP contribution in [0.5, 0.6) is 0 Å². The van der Waals surface area contributed by atoms with Crippen LogP contribution in [-0.2, 0) is 51.4 Å². The molecular formula is C52H56. The Bertz CT molecular complexity index is 2320. The van der Waals surface area contributed by atoms with Crippen molar-refractivity contribution >= 4 is 0 Å². The van der Waals surface area contributed by atoms with Gasteiger partial charge in [0.05, 0.1) is 0 Å². The second kappa shape index (κ2) is 15.1. The lowest BCUT2D eigenvalue weighted by molar-refractivity contribution is 1.08. The number of hydrogen-bond donors (Lipinski definition) is 0. The van der Waals surface area contributed by atoms with Crippen LogP contribution >= 0.6 is 0 Å². The maximum atomic E-state index is 2.49. The van der Waals surface area contributed by atoms with E-state index in [9.17, 15) is 0 Å². The zero-order valence-corrected chi connectivity index (χ0v) is 32.9. The van der Waals surface area contributed by atoms with Crippen molar-refractivity contribution < 1.29 is 0 Å². The predicted octanol–water partition coefficient (Wildman–Crippen LogP) is 13.7. The van der Waals surface area contributed by atoms with Crippen molar-refractivity contribution in [3.8, 4) is 44.5 Å². The third kappa shape index (κ3) is 5.95. The van der Waals surface area contributed by atoms with Crippen molar-refractivity contribution in [2.24, 2.45) is 0 Å². The lowest BCUT2D eigenvalue weighted by Gasteiger charge is -2.29. The van der Waals surface area contributed by atoms with E-state index < -0.39 is 0 Å². The van der Waals surface area contributed by atoms with Crippen LogP contribution in [0.15, 0.2) is 97.1 Å². The van der Waals surface area contributed by atoms with Gasteiger partial charge in [-0.2, -0.15) is 0 Å². The maximum Gasteiger partial charge on any atom is -0.000730 e. The molecule has 52 heavy (non-hydrogen) atoms. The highest BCUT2D eigenvalue weighted by atomic mass is 14.3. The molecule has 0 N–H and O–H groups in total. The highest BCUT2D eigenvalue weighted by Crippen LogP contribution is 2.52. The standard InChI is InChI=1S/C52H56/c1-9-33-21-25-41(37(13-5)29-33)47-48(42-26-22-34(10-2)30-38(42)14-6)50(44-28-24-36(12-4)32-40(44)16-8)52-46-20-18-17-19-45(46)51(52)49(47)43-27-23-35(11-3)31-39(43)15-7/h17-32H,9-16H2,1-8H3. The van der Waals surface area contributed by atoms with Crippen LogP contribution in [0, 0.1) is 20.9 Å². The van der Waals surface area contributed by atoms with Crippen LogP contribution in [-0.4, -0.2) is 0 Å². The van der Waals surface area contributed by atoms with Crippen molar-refractivity contribution in [3.05, 3.63) is 162 Å². The Morgan fingerprint density at radius 3 is 0.808 bits per heavy atom. The van der Waals surface area contributed by atoms with E-state index in [0.29, 0.717) is 0 Å². The third-order valence-electron chi connectivity index (χ3n) is 11.9. The Hall–Kier alpha value is -4.68. The minimum absolute atomic E-state index is 0.987. The highest BCUT2D eigenvalue weighted by molar-refractivity contribution is 6.04. The average molecular weight is 681 g/mol. The summed E-state index contributed by atoms with van der Waals surface area (Å²) in [6.07, 6.45) is 8.13. The van der Waals surface area contributed by atoms with E-state index in [0.717, 1.165) is 51.4 Å². The number of aryl methyl sites for hydroxylation is 8. The summed E-state index contributed by atoms with van der Waals surface area (Å²) in [6.45, 7) is 18.5. The molecule has 0 nitrogen and oxygen atoms in total. The molecule has 6 aromatic rings. The van der Waals surface area contributed by atoms with Gasteiger partial charge in [-0.3, -0.25) is 0 Å². The first-order chi connectivity index (χ1) is 25.4. The number of hydrogen-bond acceptors (Lipinski definition) is 0. The quantitative estimate of drug-likeness (QED) is 0.120. The van der Waals surface area contributed by atoms with E-state index in [1.807, 2.05) is 0 Å². The zero-order valence-electron chi connectivity index (χ0n) is 32.9. The summed E-state index contributed by atoms with van der Waals surface area (Å²) in [7, 11) is 0. The highest BCUT2D eigenvalue weighted by Gasteiger charge is 2.29. The summed E-state index contributed by atoms with van der Waals surface area (Å²) < 4.78 is 0. The number of fused-ring (bicyclic) bond motifs is 2. The lowest BCUT2D eigenvalue weighted by atomic mass is 9.74. The summed E-state index contributed by atoms with van der Waals surface area (Å²) in [6, 6.07) is 38.6. The molecule has 6 aromatic carbocycles. The summed E-state index contributed by atoms with van der Waals surface area (Å²) >= 11 is 0. The molecular weight excluding hydrogens is 625 g/mol. The molecule has 0 saturated heterocycles. The molecule has 1 aliphatic rings. The van der Waals surface area contributed by atoms with Gasteiger partial charge in [-0.25, -0.2) is 0 Å². The minimum Gasteiger partial charge on any atom is -0.0616 e. The van der Waals surface area contributed by atoms with E-state index in [2.05, 4.69) is 152 Å². The normalized spacial score (nSPS) is 11.7. The van der Waals surface area contributed by atoms with Crippen molar-refractivity contribution in [3.63, 3.8) is 0 Å². The molecule has 0 radical (unpaired) electrons. The molecule has 264 valence electrons. The number of rotatable bonds is 12. The topological polar surface area (TPSA) is 0 Å². The van der Waals surface area contributed by atoms with Crippen LogP contribution in [0.25, 0.3) is 44.5 Å². The van der Waals surface area contributed by atoms with E-state index >= 15 is 0 Å². The molecule has 0 unspecified atom stereocenters. The molecule has 0 bridgehead atoms. The van der Waals surface area contributed by atoms with Crippen LogP contribution in [0.2, 0.25) is 0 Å². The predicted molar refractivity (Wildman–Crippen MR) is 225 cm³/mol. The molecule has 0 amide bonds. The van der Waals surface area contributed by atoms with Crippen LogP contribution in [0.3, 0.4) is 0 Å². The van der Waals surface area contributed by atoms with Gasteiger partial charge in [0.1, 0.15) is 0 Å². The Kier molecular flexibility index (Phi) is 10.4. The van der Waals surface area contributed by atoms with Crippen LogP contribution < -0.4 is 0 Å². The van der Waals surface area contributed by atoms with Crippen LogP contribution in [0.1, 0.15) is 99.9 Å². The lowest BCUT2D eigenvalue weighted by Crippen LogP contribution is -2.08. The van der Waals surface area contributed by atoms with Gasteiger partial charge in [-0.05, 0) is 161 Å². The van der Waals surface area contributed by atoms with Crippen molar-refractivity contribution in [1.29, 1.82) is 0 Å². The smallest absolute Gasteiger partial charge is 0.000730 e. The number of benzene rings is 6. The Balaban J connectivity index is 1.83. The van der Waals surface area contributed by atoms with Gasteiger partial charge in [-0.1, -0.05) is 152 Å². The Labute approximate surface area is 312 Å². The summed E-state index contributed by atoms with van der Waals surface area (Å²) in [4.78, 5) is 0. The third-order valence-corrected chi connectivity index (χ3v) is 11.9. The largest absolute Gasteiger partial charge is 0.0616 e. The molecule has 0 fully saturated rings. The zero-order chi connectivity index (χ0) is 36.5. The van der Waals surface area contributed by atoms with Gasteiger partial charge in [0.15, 0.2) is 0 Å². The summed E-state index contributed by atoms with van der Waals surface area (Å²) in [5.41, 5.74) is 22.5. The van der Waals surface area contributed by atoms with Gasteiger partial charge >= 0.3 is 0 Å². The molecule has 7 rings (SSSR count). The van der Waals surface area contributed by atoms with Gasteiger partial charge in [0.2, 0.25) is 0 Å². The molecule has 0 saturated carbocycles. The van der Waals surface area contributed by atoms with E-state index in [-0.39, 0.29) is 0 Å². The van der Waals surface area contributed by atoms with Gasteiger partial charge in [0, 0.05) is 0 Å².